The summed E-state index contributed by atoms with van der Waals surface area (Å²) in [5.41, 5.74) is 1.49. The number of hydrogen-bond acceptors (Lipinski definition) is 1. The zero-order valence-electron chi connectivity index (χ0n) is 8.31. The summed E-state index contributed by atoms with van der Waals surface area (Å²) in [6.07, 6.45) is 10.7. The van der Waals surface area contributed by atoms with E-state index in [4.69, 9.17) is 0 Å². The Morgan fingerprint density at radius 2 is 1.83 bits per heavy atom. The second-order valence-corrected chi connectivity index (χ2v) is 3.72. The molecule has 0 aromatic heterocycles. The van der Waals surface area contributed by atoms with Crippen LogP contribution in [0.2, 0.25) is 0 Å². The average molecular weight is 167 g/mol. The highest BCUT2D eigenvalue weighted by Gasteiger charge is 2.06. The molecule has 0 saturated heterocycles. The fourth-order valence-corrected chi connectivity index (χ4v) is 1.72. The van der Waals surface area contributed by atoms with Crippen LogP contribution in [0, 0.1) is 0 Å². The molecule has 1 aliphatic rings. The number of unbranched alkanes of at least 4 members (excludes halogenated alkanes) is 3. The SMILES string of the molecule is CCCCCCN=C1CCCC1. The Bertz CT molecular complexity index is 130. The Hall–Kier alpha value is -0.330. The third-order valence-corrected chi connectivity index (χ3v) is 2.53. The summed E-state index contributed by atoms with van der Waals surface area (Å²) < 4.78 is 0. The molecule has 0 aliphatic heterocycles. The van der Waals surface area contributed by atoms with Crippen molar-refractivity contribution in [2.75, 3.05) is 6.54 Å². The van der Waals surface area contributed by atoms with Crippen LogP contribution in [-0.4, -0.2) is 12.3 Å². The van der Waals surface area contributed by atoms with Crippen LogP contribution < -0.4 is 0 Å². The van der Waals surface area contributed by atoms with Crippen LogP contribution in [0.3, 0.4) is 0 Å². The molecule has 12 heavy (non-hydrogen) atoms. The van der Waals surface area contributed by atoms with Gasteiger partial charge in [0, 0.05) is 12.3 Å². The molecule has 70 valence electrons. The van der Waals surface area contributed by atoms with Crippen LogP contribution in [0.5, 0.6) is 0 Å². The van der Waals surface area contributed by atoms with Gasteiger partial charge in [0.15, 0.2) is 0 Å². The summed E-state index contributed by atoms with van der Waals surface area (Å²) in [6.45, 7) is 3.35. The van der Waals surface area contributed by atoms with Gasteiger partial charge in [-0.2, -0.15) is 0 Å². The topological polar surface area (TPSA) is 12.4 Å². The highest BCUT2D eigenvalue weighted by molar-refractivity contribution is 5.86. The van der Waals surface area contributed by atoms with Crippen molar-refractivity contribution in [3.63, 3.8) is 0 Å². The second kappa shape index (κ2) is 6.22. The lowest BCUT2D eigenvalue weighted by Crippen LogP contribution is -1.91. The molecule has 0 unspecified atom stereocenters. The van der Waals surface area contributed by atoms with Crippen molar-refractivity contribution < 1.29 is 0 Å². The predicted molar refractivity (Wildman–Crippen MR) is 54.9 cm³/mol. The third kappa shape index (κ3) is 3.89. The molecular formula is C11H21N. The van der Waals surface area contributed by atoms with Crippen molar-refractivity contribution in [3.8, 4) is 0 Å². The van der Waals surface area contributed by atoms with E-state index in [0.717, 1.165) is 6.54 Å². The molecule has 1 nitrogen and oxygen atoms in total. The predicted octanol–water partition coefficient (Wildman–Crippen LogP) is 3.58. The Kier molecular flexibility index (Phi) is 5.05. The maximum atomic E-state index is 4.61. The van der Waals surface area contributed by atoms with Crippen molar-refractivity contribution >= 4 is 5.71 Å². The minimum Gasteiger partial charge on any atom is -0.294 e. The normalized spacial score (nSPS) is 16.9. The zero-order valence-corrected chi connectivity index (χ0v) is 8.31. The lowest BCUT2D eigenvalue weighted by atomic mass is 10.2. The number of rotatable bonds is 5. The van der Waals surface area contributed by atoms with Gasteiger partial charge in [-0.1, -0.05) is 26.2 Å². The van der Waals surface area contributed by atoms with E-state index in [1.807, 2.05) is 0 Å². The Morgan fingerprint density at radius 1 is 1.08 bits per heavy atom. The molecule has 0 bridgehead atoms. The summed E-state index contributed by atoms with van der Waals surface area (Å²) in [6, 6.07) is 0. The van der Waals surface area contributed by atoms with E-state index in [9.17, 15) is 0 Å². The van der Waals surface area contributed by atoms with E-state index < -0.39 is 0 Å². The molecule has 1 fully saturated rings. The van der Waals surface area contributed by atoms with Crippen molar-refractivity contribution in [1.82, 2.24) is 0 Å². The van der Waals surface area contributed by atoms with Gasteiger partial charge in [0.05, 0.1) is 0 Å². The molecule has 0 aromatic rings. The minimum atomic E-state index is 1.09. The molecule has 1 rings (SSSR count). The molecule has 0 N–H and O–H groups in total. The van der Waals surface area contributed by atoms with Gasteiger partial charge in [0.1, 0.15) is 0 Å². The van der Waals surface area contributed by atoms with Gasteiger partial charge in [-0.25, -0.2) is 0 Å². The lowest BCUT2D eigenvalue weighted by Gasteiger charge is -1.97. The number of aliphatic imine (C=N–C) groups is 1. The summed E-state index contributed by atoms with van der Waals surface area (Å²) in [7, 11) is 0. The minimum absolute atomic E-state index is 1.09. The Balaban J connectivity index is 1.96. The number of hydrogen-bond donors (Lipinski definition) is 0. The van der Waals surface area contributed by atoms with E-state index >= 15 is 0 Å². The highest BCUT2D eigenvalue weighted by Crippen LogP contribution is 2.14. The van der Waals surface area contributed by atoms with Crippen molar-refractivity contribution in [2.45, 2.75) is 58.3 Å². The van der Waals surface area contributed by atoms with Gasteiger partial charge in [-0.3, -0.25) is 4.99 Å². The molecule has 0 amide bonds. The molecule has 0 atom stereocenters. The van der Waals surface area contributed by atoms with Crippen LogP contribution in [-0.2, 0) is 0 Å². The highest BCUT2D eigenvalue weighted by atomic mass is 14.7. The van der Waals surface area contributed by atoms with E-state index in [0.29, 0.717) is 0 Å². The van der Waals surface area contributed by atoms with E-state index in [2.05, 4.69) is 11.9 Å². The summed E-state index contributed by atoms with van der Waals surface area (Å²) in [5.74, 6) is 0. The molecular weight excluding hydrogens is 146 g/mol. The fraction of sp³-hybridized carbons (Fsp3) is 0.909. The van der Waals surface area contributed by atoms with E-state index in [1.165, 1.54) is 57.1 Å². The first-order chi connectivity index (χ1) is 5.93. The van der Waals surface area contributed by atoms with Crippen LogP contribution in [0.4, 0.5) is 0 Å². The van der Waals surface area contributed by atoms with Gasteiger partial charge in [-0.15, -0.1) is 0 Å². The van der Waals surface area contributed by atoms with Gasteiger partial charge in [0.25, 0.3) is 0 Å². The first-order valence-electron chi connectivity index (χ1n) is 5.45. The molecule has 0 aromatic carbocycles. The second-order valence-electron chi connectivity index (χ2n) is 3.72. The standard InChI is InChI=1S/C11H21N/c1-2-3-4-7-10-12-11-8-5-6-9-11/h2-10H2,1H3. The molecule has 0 spiro atoms. The van der Waals surface area contributed by atoms with Crippen molar-refractivity contribution in [2.24, 2.45) is 4.99 Å². The summed E-state index contributed by atoms with van der Waals surface area (Å²) in [4.78, 5) is 4.61. The largest absolute Gasteiger partial charge is 0.294 e. The maximum Gasteiger partial charge on any atom is 0.0388 e. The van der Waals surface area contributed by atoms with Gasteiger partial charge in [0.2, 0.25) is 0 Å². The van der Waals surface area contributed by atoms with Crippen LogP contribution in [0.25, 0.3) is 0 Å². The third-order valence-electron chi connectivity index (χ3n) is 2.53. The Morgan fingerprint density at radius 3 is 2.50 bits per heavy atom. The fourth-order valence-electron chi connectivity index (χ4n) is 1.72. The molecule has 0 radical (unpaired) electrons. The molecule has 1 saturated carbocycles. The lowest BCUT2D eigenvalue weighted by molar-refractivity contribution is 0.674. The molecule has 1 aliphatic carbocycles. The van der Waals surface area contributed by atoms with Gasteiger partial charge in [-0.05, 0) is 32.1 Å². The van der Waals surface area contributed by atoms with Gasteiger partial charge >= 0.3 is 0 Å². The summed E-state index contributed by atoms with van der Waals surface area (Å²) in [5, 5.41) is 0. The van der Waals surface area contributed by atoms with Gasteiger partial charge < -0.3 is 0 Å². The van der Waals surface area contributed by atoms with E-state index in [1.54, 1.807) is 0 Å². The van der Waals surface area contributed by atoms with Crippen LogP contribution in [0.15, 0.2) is 4.99 Å². The zero-order chi connectivity index (χ0) is 8.65. The monoisotopic (exact) mass is 167 g/mol. The first-order valence-corrected chi connectivity index (χ1v) is 5.45. The first kappa shape index (κ1) is 9.76. The number of nitrogens with zero attached hydrogens (tertiary/aromatic N) is 1. The quantitative estimate of drug-likeness (QED) is 0.555. The molecule has 1 heteroatoms. The smallest absolute Gasteiger partial charge is 0.0388 e. The Labute approximate surface area is 76.3 Å². The average Bonchev–Trinajstić information content (AvgIpc) is 2.57. The van der Waals surface area contributed by atoms with Crippen molar-refractivity contribution in [3.05, 3.63) is 0 Å². The molecule has 0 heterocycles. The maximum absolute atomic E-state index is 4.61. The van der Waals surface area contributed by atoms with Crippen LogP contribution in [0.1, 0.15) is 58.3 Å². The van der Waals surface area contributed by atoms with E-state index in [-0.39, 0.29) is 0 Å². The van der Waals surface area contributed by atoms with Crippen molar-refractivity contribution in [1.29, 1.82) is 0 Å². The van der Waals surface area contributed by atoms with Crippen LogP contribution >= 0.6 is 0 Å². The summed E-state index contributed by atoms with van der Waals surface area (Å²) >= 11 is 0.